The van der Waals surface area contributed by atoms with Crippen LogP contribution in [0.1, 0.15) is 12.5 Å². The van der Waals surface area contributed by atoms with Crippen LogP contribution >= 0.6 is 0 Å². The average Bonchev–Trinajstić information content (AvgIpc) is 2.73. The maximum absolute atomic E-state index is 12.4. The van der Waals surface area contributed by atoms with Crippen molar-refractivity contribution in [2.24, 2.45) is 0 Å². The van der Waals surface area contributed by atoms with Crippen molar-refractivity contribution in [3.05, 3.63) is 93.3 Å². The first-order valence-electron chi connectivity index (χ1n) is 9.44. The highest BCUT2D eigenvalue weighted by molar-refractivity contribution is 5.75. The van der Waals surface area contributed by atoms with Gasteiger partial charge in [0.25, 0.3) is 0 Å². The Morgan fingerprint density at radius 2 is 1.69 bits per heavy atom. The van der Waals surface area contributed by atoms with E-state index in [1.54, 1.807) is 24.3 Å². The van der Waals surface area contributed by atoms with Crippen molar-refractivity contribution in [2.45, 2.75) is 19.9 Å². The smallest absolute Gasteiger partial charge is 0.320 e. The summed E-state index contributed by atoms with van der Waals surface area (Å²) in [5.74, 6) is 0.367. The van der Waals surface area contributed by atoms with E-state index in [9.17, 15) is 14.4 Å². The predicted octanol–water partition coefficient (Wildman–Crippen LogP) is 1.76. The van der Waals surface area contributed by atoms with Crippen LogP contribution in [-0.4, -0.2) is 28.2 Å². The van der Waals surface area contributed by atoms with Crippen LogP contribution in [0.2, 0.25) is 0 Å². The first kappa shape index (κ1) is 20.1. The number of benzene rings is 2. The summed E-state index contributed by atoms with van der Waals surface area (Å²) in [5, 5.41) is 2.77. The summed E-state index contributed by atoms with van der Waals surface area (Å²) >= 11 is 0. The molecule has 7 heteroatoms. The fourth-order valence-corrected chi connectivity index (χ4v) is 2.91. The van der Waals surface area contributed by atoms with Crippen LogP contribution in [0.15, 0.2) is 76.6 Å². The van der Waals surface area contributed by atoms with Gasteiger partial charge in [-0.25, -0.2) is 0 Å². The lowest BCUT2D eigenvalue weighted by Gasteiger charge is -2.10. The normalized spacial score (nSPS) is 10.5. The van der Waals surface area contributed by atoms with Gasteiger partial charge in [-0.2, -0.15) is 0 Å². The Bertz CT molecular complexity index is 1070. The summed E-state index contributed by atoms with van der Waals surface area (Å²) in [4.78, 5) is 37.0. The van der Waals surface area contributed by atoms with Gasteiger partial charge in [0.1, 0.15) is 12.3 Å². The summed E-state index contributed by atoms with van der Waals surface area (Å²) in [6.07, 6.45) is 3.62. The predicted molar refractivity (Wildman–Crippen MR) is 111 cm³/mol. The van der Waals surface area contributed by atoms with Gasteiger partial charge >= 0.3 is 11.1 Å². The third-order valence-corrected chi connectivity index (χ3v) is 4.38. The Morgan fingerprint density at radius 3 is 2.38 bits per heavy atom. The molecular weight excluding hydrogens is 370 g/mol. The van der Waals surface area contributed by atoms with Crippen LogP contribution in [0.25, 0.3) is 5.69 Å². The van der Waals surface area contributed by atoms with Gasteiger partial charge in [-0.3, -0.25) is 23.5 Å². The molecule has 0 fully saturated rings. The second kappa shape index (κ2) is 9.54. The standard InChI is InChI=1S/C22H23N3O4/c1-2-29-19-10-8-18(9-11-19)25-15-14-24(21(27)22(25)28)16-20(26)23-13-12-17-6-4-3-5-7-17/h3-11,14-15H,2,12-13,16H2,1H3,(H,23,26). The molecule has 1 amide bonds. The molecule has 1 N–H and O–H groups in total. The number of aromatic nitrogens is 2. The molecule has 0 radical (unpaired) electrons. The first-order chi connectivity index (χ1) is 14.1. The molecule has 7 nitrogen and oxygen atoms in total. The topological polar surface area (TPSA) is 82.3 Å². The van der Waals surface area contributed by atoms with Gasteiger partial charge in [-0.05, 0) is 43.2 Å². The van der Waals surface area contributed by atoms with Gasteiger partial charge in [0.2, 0.25) is 5.91 Å². The molecule has 29 heavy (non-hydrogen) atoms. The minimum Gasteiger partial charge on any atom is -0.494 e. The van der Waals surface area contributed by atoms with Crippen molar-refractivity contribution in [3.8, 4) is 11.4 Å². The second-order valence-electron chi connectivity index (χ2n) is 6.42. The number of hydrogen-bond acceptors (Lipinski definition) is 4. The number of amides is 1. The second-order valence-corrected chi connectivity index (χ2v) is 6.42. The van der Waals surface area contributed by atoms with Crippen LogP contribution in [0.3, 0.4) is 0 Å². The monoisotopic (exact) mass is 393 g/mol. The Labute approximate surface area is 168 Å². The molecule has 3 aromatic rings. The van der Waals surface area contributed by atoms with Crippen molar-refractivity contribution in [3.63, 3.8) is 0 Å². The number of carbonyl (C=O) groups is 1. The largest absolute Gasteiger partial charge is 0.494 e. The van der Waals surface area contributed by atoms with E-state index >= 15 is 0 Å². The Hall–Kier alpha value is -3.61. The molecule has 1 heterocycles. The van der Waals surface area contributed by atoms with E-state index in [-0.39, 0.29) is 12.5 Å². The fraction of sp³-hybridized carbons (Fsp3) is 0.227. The number of rotatable bonds is 8. The molecule has 1 aromatic heterocycles. The number of carbonyl (C=O) groups excluding carboxylic acids is 1. The molecule has 0 saturated heterocycles. The first-order valence-corrected chi connectivity index (χ1v) is 9.44. The molecule has 0 aliphatic rings. The molecular formula is C22H23N3O4. The summed E-state index contributed by atoms with van der Waals surface area (Å²) in [7, 11) is 0. The zero-order valence-electron chi connectivity index (χ0n) is 16.2. The molecule has 0 aliphatic heterocycles. The Balaban J connectivity index is 1.65. The molecule has 3 rings (SSSR count). The highest BCUT2D eigenvalue weighted by Crippen LogP contribution is 2.13. The quantitative estimate of drug-likeness (QED) is 0.591. The molecule has 0 bridgehead atoms. The van der Waals surface area contributed by atoms with E-state index in [1.165, 1.54) is 17.0 Å². The number of nitrogens with zero attached hydrogens (tertiary/aromatic N) is 2. The summed E-state index contributed by atoms with van der Waals surface area (Å²) < 4.78 is 7.74. The maximum atomic E-state index is 12.4. The van der Waals surface area contributed by atoms with E-state index in [2.05, 4.69) is 5.32 Å². The van der Waals surface area contributed by atoms with Crippen molar-refractivity contribution < 1.29 is 9.53 Å². The zero-order chi connectivity index (χ0) is 20.6. The van der Waals surface area contributed by atoms with E-state index in [1.807, 2.05) is 37.3 Å². The molecule has 0 unspecified atom stereocenters. The summed E-state index contributed by atoms with van der Waals surface area (Å²) in [5.41, 5.74) is 0.200. The van der Waals surface area contributed by atoms with Crippen molar-refractivity contribution in [1.29, 1.82) is 0 Å². The Morgan fingerprint density at radius 1 is 0.966 bits per heavy atom. The fourth-order valence-electron chi connectivity index (χ4n) is 2.91. The van der Waals surface area contributed by atoms with Gasteiger partial charge in [-0.1, -0.05) is 30.3 Å². The van der Waals surface area contributed by atoms with Gasteiger partial charge in [0.15, 0.2) is 0 Å². The lowest BCUT2D eigenvalue weighted by molar-refractivity contribution is -0.121. The number of nitrogens with one attached hydrogen (secondary N) is 1. The van der Waals surface area contributed by atoms with Crippen LogP contribution in [0.5, 0.6) is 5.75 Å². The van der Waals surface area contributed by atoms with Crippen molar-refractivity contribution >= 4 is 5.91 Å². The number of hydrogen-bond donors (Lipinski definition) is 1. The molecule has 150 valence electrons. The highest BCUT2D eigenvalue weighted by Gasteiger charge is 2.10. The van der Waals surface area contributed by atoms with Crippen LogP contribution < -0.4 is 21.2 Å². The highest BCUT2D eigenvalue weighted by atomic mass is 16.5. The SMILES string of the molecule is CCOc1ccc(-n2ccn(CC(=O)NCCc3ccccc3)c(=O)c2=O)cc1. The summed E-state index contributed by atoms with van der Waals surface area (Å²) in [6, 6.07) is 16.7. The lowest BCUT2D eigenvalue weighted by atomic mass is 10.1. The molecule has 0 spiro atoms. The zero-order valence-corrected chi connectivity index (χ0v) is 16.2. The summed E-state index contributed by atoms with van der Waals surface area (Å²) in [6.45, 7) is 2.69. The maximum Gasteiger partial charge on any atom is 0.320 e. The minimum atomic E-state index is -0.750. The van der Waals surface area contributed by atoms with Gasteiger partial charge in [0, 0.05) is 24.6 Å². The van der Waals surface area contributed by atoms with Crippen LogP contribution in [0, 0.1) is 0 Å². The third kappa shape index (κ3) is 5.22. The lowest BCUT2D eigenvalue weighted by Crippen LogP contribution is -2.42. The van der Waals surface area contributed by atoms with Crippen molar-refractivity contribution in [2.75, 3.05) is 13.2 Å². The molecule has 2 aromatic carbocycles. The van der Waals surface area contributed by atoms with E-state index < -0.39 is 11.1 Å². The van der Waals surface area contributed by atoms with E-state index in [4.69, 9.17) is 4.74 Å². The molecule has 0 aliphatic carbocycles. The average molecular weight is 393 g/mol. The van der Waals surface area contributed by atoms with Crippen LogP contribution in [0.4, 0.5) is 0 Å². The van der Waals surface area contributed by atoms with E-state index in [0.29, 0.717) is 31.0 Å². The Kier molecular flexibility index (Phi) is 6.63. The molecule has 0 atom stereocenters. The van der Waals surface area contributed by atoms with Gasteiger partial charge in [0.05, 0.1) is 6.61 Å². The van der Waals surface area contributed by atoms with Crippen LogP contribution in [-0.2, 0) is 17.8 Å². The molecule has 0 saturated carbocycles. The van der Waals surface area contributed by atoms with E-state index in [0.717, 1.165) is 10.1 Å². The van der Waals surface area contributed by atoms with Gasteiger partial charge in [-0.15, -0.1) is 0 Å². The van der Waals surface area contributed by atoms with Gasteiger partial charge < -0.3 is 10.1 Å². The van der Waals surface area contributed by atoms with Crippen molar-refractivity contribution in [1.82, 2.24) is 14.5 Å². The minimum absolute atomic E-state index is 0.201. The third-order valence-electron chi connectivity index (χ3n) is 4.38. The number of ether oxygens (including phenoxy) is 1.